The second kappa shape index (κ2) is 12.7. The highest BCUT2D eigenvalue weighted by Crippen LogP contribution is 2.27. The molecule has 218 valence electrons. The molecule has 2 saturated heterocycles. The van der Waals surface area contributed by atoms with Crippen LogP contribution in [0.15, 0.2) is 35.3 Å². The summed E-state index contributed by atoms with van der Waals surface area (Å²) in [6.45, 7) is 2.65. The Morgan fingerprint density at radius 3 is 2.38 bits per heavy atom. The van der Waals surface area contributed by atoms with E-state index in [9.17, 15) is 27.6 Å². The number of nitrogens with two attached hydrogens (primary N) is 1. The number of nitrogens with one attached hydrogen (secondary N) is 1. The minimum Gasteiger partial charge on any atom is -0.406 e. The fourth-order valence-electron chi connectivity index (χ4n) is 4.71. The average Bonchev–Trinajstić information content (AvgIpc) is 2.89. The van der Waals surface area contributed by atoms with Crippen molar-refractivity contribution in [2.75, 3.05) is 51.2 Å². The predicted molar refractivity (Wildman–Crippen MR) is 138 cm³/mol. The van der Waals surface area contributed by atoms with Gasteiger partial charge in [0.05, 0.1) is 12.3 Å². The predicted octanol–water partition coefficient (Wildman–Crippen LogP) is 1.11. The number of piperazine rings is 1. The molecule has 0 atom stereocenters. The number of rotatable bonds is 7. The van der Waals surface area contributed by atoms with Crippen LogP contribution in [0.5, 0.6) is 5.75 Å². The second-order valence-electron chi connectivity index (χ2n) is 9.73. The minimum absolute atomic E-state index is 0.0199. The topological polar surface area (TPSA) is 146 Å². The van der Waals surface area contributed by atoms with Crippen LogP contribution < -0.4 is 21.5 Å². The Kier molecular flexibility index (Phi) is 9.27. The van der Waals surface area contributed by atoms with Gasteiger partial charge in [0.2, 0.25) is 5.91 Å². The number of halogens is 3. The van der Waals surface area contributed by atoms with E-state index in [4.69, 9.17) is 10.8 Å². The van der Waals surface area contributed by atoms with Gasteiger partial charge in [-0.1, -0.05) is 0 Å². The summed E-state index contributed by atoms with van der Waals surface area (Å²) in [6.07, 6.45) is -2.03. The van der Waals surface area contributed by atoms with Crippen molar-refractivity contribution < 1.29 is 32.6 Å². The van der Waals surface area contributed by atoms with Gasteiger partial charge in [-0.2, -0.15) is 4.98 Å². The number of hydrogen-bond donors (Lipinski definition) is 3. The third-order valence-electron chi connectivity index (χ3n) is 6.79. The number of aliphatic hydroxyl groups is 1. The summed E-state index contributed by atoms with van der Waals surface area (Å²) in [5.41, 5.74) is 5.79. The van der Waals surface area contributed by atoms with Crippen LogP contribution in [0.4, 0.5) is 23.8 Å². The van der Waals surface area contributed by atoms with Crippen LogP contribution in [0.2, 0.25) is 0 Å². The van der Waals surface area contributed by atoms with Gasteiger partial charge >= 0.3 is 18.1 Å². The first-order valence-electron chi connectivity index (χ1n) is 12.9. The number of carbonyl (C=O) groups excluding carboxylic acids is 2. The Bertz CT molecular complexity index is 1260. The minimum atomic E-state index is -4.91. The van der Waals surface area contributed by atoms with Crippen LogP contribution >= 0.6 is 0 Å². The van der Waals surface area contributed by atoms with E-state index in [1.54, 1.807) is 11.0 Å². The van der Waals surface area contributed by atoms with E-state index in [-0.39, 0.29) is 49.6 Å². The number of benzene rings is 1. The standard InChI is InChI=1S/C25H32F3N7O5/c26-25(27,28)40-20-14-17(16-32-5-1-18(29)2-6-32)13-19(15-20)35-7-3-21(31-24(35)39)30-23(38)34-10-8-33(9-11-34)22(37)4-12-36/h3,7,13-15,18,36H,1-2,4-6,8-12,16,29H2,(H,30,31,38,39). The first-order chi connectivity index (χ1) is 19.0. The average molecular weight is 568 g/mol. The number of hydrogen-bond acceptors (Lipinski definition) is 8. The molecule has 0 unspecified atom stereocenters. The number of urea groups is 1. The largest absolute Gasteiger partial charge is 0.573 e. The van der Waals surface area contributed by atoms with E-state index in [2.05, 4.69) is 19.9 Å². The van der Waals surface area contributed by atoms with Gasteiger partial charge in [-0.25, -0.2) is 9.59 Å². The smallest absolute Gasteiger partial charge is 0.406 e. The fourth-order valence-corrected chi connectivity index (χ4v) is 4.71. The molecule has 0 aliphatic carbocycles. The van der Waals surface area contributed by atoms with Gasteiger partial charge in [0.15, 0.2) is 0 Å². The third-order valence-corrected chi connectivity index (χ3v) is 6.79. The quantitative estimate of drug-likeness (QED) is 0.451. The molecule has 2 aromatic rings. The molecule has 2 fully saturated rings. The molecule has 4 N–H and O–H groups in total. The molecule has 4 rings (SSSR count). The number of likely N-dealkylation sites (tertiary alicyclic amines) is 1. The first kappa shape index (κ1) is 29.3. The molecule has 0 radical (unpaired) electrons. The fraction of sp³-hybridized carbons (Fsp3) is 0.520. The van der Waals surface area contributed by atoms with Gasteiger partial charge in [0, 0.05) is 57.4 Å². The van der Waals surface area contributed by atoms with E-state index in [1.165, 1.54) is 23.2 Å². The van der Waals surface area contributed by atoms with Gasteiger partial charge in [-0.05, 0) is 49.7 Å². The molecule has 1 aromatic carbocycles. The lowest BCUT2D eigenvalue weighted by atomic mass is 10.0. The SMILES string of the molecule is NC1CCN(Cc2cc(OC(F)(F)F)cc(-n3ccc(NC(=O)N4CCN(C(=O)CCO)CC4)nc3=O)c2)CC1. The van der Waals surface area contributed by atoms with Crippen LogP contribution in [0.1, 0.15) is 24.8 Å². The molecule has 3 amide bonds. The zero-order valence-electron chi connectivity index (χ0n) is 21.8. The summed E-state index contributed by atoms with van der Waals surface area (Å²) in [5, 5.41) is 11.5. The van der Waals surface area contributed by atoms with Crippen molar-refractivity contribution in [2.24, 2.45) is 5.73 Å². The monoisotopic (exact) mass is 567 g/mol. The Labute approximate surface area is 228 Å². The highest BCUT2D eigenvalue weighted by atomic mass is 19.4. The molecule has 0 saturated carbocycles. The van der Waals surface area contributed by atoms with Gasteiger partial charge in [-0.15, -0.1) is 13.2 Å². The van der Waals surface area contributed by atoms with Crippen molar-refractivity contribution in [1.29, 1.82) is 0 Å². The molecular weight excluding hydrogens is 535 g/mol. The number of piperidine rings is 1. The number of amides is 3. The summed E-state index contributed by atoms with van der Waals surface area (Å²) in [6, 6.07) is 4.93. The number of carbonyl (C=O) groups is 2. The van der Waals surface area contributed by atoms with Crippen LogP contribution in [0, 0.1) is 0 Å². The molecular formula is C25H32F3N7O5. The van der Waals surface area contributed by atoms with E-state index < -0.39 is 23.8 Å². The van der Waals surface area contributed by atoms with Crippen molar-refractivity contribution in [2.45, 2.75) is 38.2 Å². The van der Waals surface area contributed by atoms with Crippen LogP contribution in [-0.2, 0) is 11.3 Å². The Morgan fingerprint density at radius 2 is 1.75 bits per heavy atom. The maximum Gasteiger partial charge on any atom is 0.573 e. The van der Waals surface area contributed by atoms with Crippen LogP contribution in [-0.4, -0.2) is 99.6 Å². The lowest BCUT2D eigenvalue weighted by molar-refractivity contribution is -0.274. The molecule has 40 heavy (non-hydrogen) atoms. The van der Waals surface area contributed by atoms with E-state index >= 15 is 0 Å². The normalized spacial score (nSPS) is 17.1. The van der Waals surface area contributed by atoms with Gasteiger partial charge in [0.25, 0.3) is 0 Å². The Balaban J connectivity index is 1.47. The van der Waals surface area contributed by atoms with Crippen molar-refractivity contribution in [3.8, 4) is 11.4 Å². The number of ether oxygens (including phenoxy) is 1. The lowest BCUT2D eigenvalue weighted by Gasteiger charge is -2.34. The highest BCUT2D eigenvalue weighted by molar-refractivity contribution is 5.88. The van der Waals surface area contributed by atoms with Gasteiger partial charge < -0.3 is 25.4 Å². The molecule has 0 spiro atoms. The summed E-state index contributed by atoms with van der Waals surface area (Å²) in [7, 11) is 0. The van der Waals surface area contributed by atoms with Gasteiger partial charge in [-0.3, -0.25) is 19.6 Å². The van der Waals surface area contributed by atoms with Gasteiger partial charge in [0.1, 0.15) is 11.6 Å². The van der Waals surface area contributed by atoms with Crippen LogP contribution in [0.3, 0.4) is 0 Å². The van der Waals surface area contributed by atoms with Crippen molar-refractivity contribution >= 4 is 17.8 Å². The Hall–Kier alpha value is -3.69. The summed E-state index contributed by atoms with van der Waals surface area (Å²) >= 11 is 0. The molecule has 2 aliphatic heterocycles. The number of nitrogens with zero attached hydrogens (tertiary/aromatic N) is 5. The zero-order valence-corrected chi connectivity index (χ0v) is 21.8. The molecule has 1 aromatic heterocycles. The maximum atomic E-state index is 13.0. The summed E-state index contributed by atoms with van der Waals surface area (Å²) < 4.78 is 44.3. The third kappa shape index (κ3) is 7.92. The summed E-state index contributed by atoms with van der Waals surface area (Å²) in [4.78, 5) is 46.4. The van der Waals surface area contributed by atoms with Crippen LogP contribution in [0.25, 0.3) is 5.69 Å². The molecule has 12 nitrogen and oxygen atoms in total. The summed E-state index contributed by atoms with van der Waals surface area (Å²) in [5.74, 6) is -0.687. The van der Waals surface area contributed by atoms with Crippen molar-refractivity contribution in [3.63, 3.8) is 0 Å². The number of aliphatic hydroxyl groups excluding tert-OH is 1. The van der Waals surface area contributed by atoms with E-state index in [0.717, 1.165) is 23.5 Å². The number of anilines is 1. The van der Waals surface area contributed by atoms with Crippen molar-refractivity contribution in [3.05, 3.63) is 46.5 Å². The zero-order chi connectivity index (χ0) is 28.9. The molecule has 3 heterocycles. The van der Waals surface area contributed by atoms with E-state index in [0.29, 0.717) is 38.3 Å². The molecule has 2 aliphatic rings. The molecule has 0 bridgehead atoms. The maximum absolute atomic E-state index is 13.0. The lowest BCUT2D eigenvalue weighted by Crippen LogP contribution is -2.51. The van der Waals surface area contributed by atoms with Crippen molar-refractivity contribution in [1.82, 2.24) is 24.3 Å². The number of aromatic nitrogens is 2. The molecule has 15 heteroatoms. The number of alkyl halides is 3. The second-order valence-corrected chi connectivity index (χ2v) is 9.73. The Morgan fingerprint density at radius 1 is 1.07 bits per heavy atom. The first-order valence-corrected chi connectivity index (χ1v) is 12.9. The highest BCUT2D eigenvalue weighted by Gasteiger charge is 2.31. The van der Waals surface area contributed by atoms with E-state index in [1.807, 2.05) is 0 Å².